The van der Waals surface area contributed by atoms with Gasteiger partial charge in [-0.2, -0.15) is 4.98 Å². The molecule has 0 radical (unpaired) electrons. The van der Waals surface area contributed by atoms with Gasteiger partial charge in [0.2, 0.25) is 5.89 Å². The number of halogens is 1. The minimum absolute atomic E-state index is 0.103. The Morgan fingerprint density at radius 1 is 1.50 bits per heavy atom. The zero-order chi connectivity index (χ0) is 9.97. The molecule has 14 heavy (non-hydrogen) atoms. The fourth-order valence-corrected chi connectivity index (χ4v) is 1.98. The van der Waals surface area contributed by atoms with E-state index in [2.05, 4.69) is 10.1 Å². The summed E-state index contributed by atoms with van der Waals surface area (Å²) in [5.41, 5.74) is 0. The molecule has 78 valence electrons. The molecule has 1 aliphatic carbocycles. The van der Waals surface area contributed by atoms with Crippen molar-refractivity contribution in [1.29, 1.82) is 0 Å². The fraction of sp³-hybridized carbons (Fsp3) is 0.800. The molecule has 0 spiro atoms. The molecule has 0 bridgehead atoms. The van der Waals surface area contributed by atoms with Crippen LogP contribution in [0.2, 0.25) is 0 Å². The van der Waals surface area contributed by atoms with E-state index in [1.165, 1.54) is 25.7 Å². The molecule has 1 heterocycles. The number of nitrogens with zero attached hydrogens (tertiary/aromatic N) is 2. The molecular weight excluding hydrogens is 200 g/mol. The molecule has 1 aliphatic rings. The van der Waals surface area contributed by atoms with Crippen molar-refractivity contribution in [2.75, 3.05) is 0 Å². The summed E-state index contributed by atoms with van der Waals surface area (Å²) in [6, 6.07) is 0. The lowest BCUT2D eigenvalue weighted by Crippen LogP contribution is -1.94. The number of hydrogen-bond donors (Lipinski definition) is 0. The van der Waals surface area contributed by atoms with Crippen molar-refractivity contribution in [3.8, 4) is 0 Å². The summed E-state index contributed by atoms with van der Waals surface area (Å²) in [4.78, 5) is 4.35. The van der Waals surface area contributed by atoms with Gasteiger partial charge in [0.15, 0.2) is 5.82 Å². The summed E-state index contributed by atoms with van der Waals surface area (Å²) in [6.07, 6.45) is 5.76. The van der Waals surface area contributed by atoms with E-state index in [9.17, 15) is 0 Å². The number of rotatable bonds is 3. The van der Waals surface area contributed by atoms with Crippen molar-refractivity contribution in [3.05, 3.63) is 11.7 Å². The molecule has 0 aliphatic heterocycles. The number of hydrogen-bond acceptors (Lipinski definition) is 3. The molecule has 0 aromatic carbocycles. The highest BCUT2D eigenvalue weighted by atomic mass is 35.5. The Balaban J connectivity index is 2.08. The van der Waals surface area contributed by atoms with Crippen LogP contribution in [0.5, 0.6) is 0 Å². The maximum Gasteiger partial charge on any atom is 0.229 e. The van der Waals surface area contributed by atoms with Gasteiger partial charge in [-0.1, -0.05) is 24.9 Å². The predicted molar refractivity (Wildman–Crippen MR) is 54.4 cm³/mol. The molecule has 0 N–H and O–H groups in total. The molecule has 0 amide bonds. The smallest absolute Gasteiger partial charge is 0.229 e. The van der Waals surface area contributed by atoms with E-state index in [0.717, 1.165) is 12.3 Å². The van der Waals surface area contributed by atoms with Crippen LogP contribution in [-0.2, 0) is 0 Å². The molecule has 1 saturated carbocycles. The lowest BCUT2D eigenvalue weighted by Gasteiger charge is -2.00. The first-order valence-corrected chi connectivity index (χ1v) is 5.72. The maximum absolute atomic E-state index is 6.03. The topological polar surface area (TPSA) is 38.9 Å². The van der Waals surface area contributed by atoms with Gasteiger partial charge in [0.25, 0.3) is 0 Å². The molecule has 3 nitrogen and oxygen atoms in total. The average molecular weight is 215 g/mol. The molecule has 2 rings (SSSR count). The van der Waals surface area contributed by atoms with Crippen LogP contribution in [0, 0.1) is 0 Å². The van der Waals surface area contributed by atoms with Gasteiger partial charge in [0, 0.05) is 5.92 Å². The highest BCUT2D eigenvalue weighted by Gasteiger charge is 2.24. The first kappa shape index (κ1) is 9.97. The zero-order valence-electron chi connectivity index (χ0n) is 8.37. The van der Waals surface area contributed by atoms with Crippen LogP contribution in [0.1, 0.15) is 62.0 Å². The standard InChI is InChI=1S/C10H15ClN2O/c1-2-8(11)9-12-10(14-13-9)7-5-3-4-6-7/h7-8H,2-6H2,1H3. The first-order chi connectivity index (χ1) is 6.81. The second kappa shape index (κ2) is 4.30. The predicted octanol–water partition coefficient (Wildman–Crippen LogP) is 3.42. The average Bonchev–Trinajstić information content (AvgIpc) is 2.86. The second-order valence-electron chi connectivity index (χ2n) is 3.85. The van der Waals surface area contributed by atoms with Gasteiger partial charge in [-0.25, -0.2) is 0 Å². The number of alkyl halides is 1. The van der Waals surface area contributed by atoms with E-state index in [4.69, 9.17) is 16.1 Å². The van der Waals surface area contributed by atoms with E-state index in [1.54, 1.807) is 0 Å². The first-order valence-electron chi connectivity index (χ1n) is 5.28. The monoisotopic (exact) mass is 214 g/mol. The summed E-state index contributed by atoms with van der Waals surface area (Å²) in [7, 11) is 0. The SMILES string of the molecule is CCC(Cl)c1noc(C2CCCC2)n1. The van der Waals surface area contributed by atoms with Crippen molar-refractivity contribution in [1.82, 2.24) is 10.1 Å². The summed E-state index contributed by atoms with van der Waals surface area (Å²) in [5.74, 6) is 1.92. The van der Waals surface area contributed by atoms with Crippen LogP contribution < -0.4 is 0 Å². The third-order valence-electron chi connectivity index (χ3n) is 2.80. The largest absolute Gasteiger partial charge is 0.339 e. The molecule has 1 atom stereocenters. The molecule has 0 saturated heterocycles. The third kappa shape index (κ3) is 1.92. The van der Waals surface area contributed by atoms with Gasteiger partial charge >= 0.3 is 0 Å². The van der Waals surface area contributed by atoms with Gasteiger partial charge in [-0.05, 0) is 19.3 Å². The van der Waals surface area contributed by atoms with E-state index in [0.29, 0.717) is 11.7 Å². The van der Waals surface area contributed by atoms with E-state index in [-0.39, 0.29) is 5.38 Å². The number of aromatic nitrogens is 2. The Labute approximate surface area is 88.8 Å². The fourth-order valence-electron chi connectivity index (χ4n) is 1.90. The highest BCUT2D eigenvalue weighted by Crippen LogP contribution is 2.34. The van der Waals surface area contributed by atoms with Gasteiger partial charge < -0.3 is 4.52 Å². The zero-order valence-corrected chi connectivity index (χ0v) is 9.13. The molecule has 4 heteroatoms. The van der Waals surface area contributed by atoms with E-state index < -0.39 is 0 Å². The van der Waals surface area contributed by atoms with E-state index in [1.807, 2.05) is 6.92 Å². The van der Waals surface area contributed by atoms with E-state index >= 15 is 0 Å². The molecule has 1 unspecified atom stereocenters. The van der Waals surface area contributed by atoms with Crippen molar-refractivity contribution in [2.24, 2.45) is 0 Å². The normalized spacial score (nSPS) is 20.1. The lowest BCUT2D eigenvalue weighted by molar-refractivity contribution is 0.349. The minimum atomic E-state index is -0.103. The maximum atomic E-state index is 6.03. The minimum Gasteiger partial charge on any atom is -0.339 e. The van der Waals surface area contributed by atoms with Crippen molar-refractivity contribution < 1.29 is 4.52 Å². The van der Waals surface area contributed by atoms with Crippen LogP contribution in [-0.4, -0.2) is 10.1 Å². The van der Waals surface area contributed by atoms with Crippen LogP contribution >= 0.6 is 11.6 Å². The van der Waals surface area contributed by atoms with Gasteiger partial charge in [0.1, 0.15) is 0 Å². The van der Waals surface area contributed by atoms with Crippen LogP contribution in [0.4, 0.5) is 0 Å². The van der Waals surface area contributed by atoms with Gasteiger partial charge in [0.05, 0.1) is 5.38 Å². The molecule has 1 aromatic rings. The van der Waals surface area contributed by atoms with Crippen molar-refractivity contribution in [2.45, 2.75) is 50.3 Å². The summed E-state index contributed by atoms with van der Waals surface area (Å²) in [5, 5.41) is 3.81. The Kier molecular flexibility index (Phi) is 3.06. The Morgan fingerprint density at radius 2 is 2.21 bits per heavy atom. The summed E-state index contributed by atoms with van der Waals surface area (Å²) >= 11 is 6.03. The Bertz CT molecular complexity index is 294. The molecule has 1 aromatic heterocycles. The Morgan fingerprint density at radius 3 is 2.86 bits per heavy atom. The summed E-state index contributed by atoms with van der Waals surface area (Å²) in [6.45, 7) is 2.02. The van der Waals surface area contributed by atoms with Crippen LogP contribution in [0.3, 0.4) is 0 Å². The second-order valence-corrected chi connectivity index (χ2v) is 4.37. The van der Waals surface area contributed by atoms with Gasteiger partial charge in [-0.15, -0.1) is 11.6 Å². The van der Waals surface area contributed by atoms with Crippen molar-refractivity contribution in [3.63, 3.8) is 0 Å². The van der Waals surface area contributed by atoms with Crippen LogP contribution in [0.15, 0.2) is 4.52 Å². The highest BCUT2D eigenvalue weighted by molar-refractivity contribution is 6.20. The quantitative estimate of drug-likeness (QED) is 0.724. The Hall–Kier alpha value is -0.570. The van der Waals surface area contributed by atoms with Crippen molar-refractivity contribution >= 4 is 11.6 Å². The van der Waals surface area contributed by atoms with Gasteiger partial charge in [-0.3, -0.25) is 0 Å². The molecular formula is C10H15ClN2O. The van der Waals surface area contributed by atoms with Crippen LogP contribution in [0.25, 0.3) is 0 Å². The lowest BCUT2D eigenvalue weighted by atomic mass is 10.1. The molecule has 1 fully saturated rings. The third-order valence-corrected chi connectivity index (χ3v) is 3.30. The summed E-state index contributed by atoms with van der Waals surface area (Å²) < 4.78 is 5.23.